The summed E-state index contributed by atoms with van der Waals surface area (Å²) in [6, 6.07) is 9.60. The van der Waals surface area contributed by atoms with Crippen LogP contribution in [0.2, 0.25) is 5.02 Å². The molecule has 4 heteroatoms. The summed E-state index contributed by atoms with van der Waals surface area (Å²) in [4.78, 5) is 8.47. The lowest BCUT2D eigenvalue weighted by molar-refractivity contribution is 0.619. The van der Waals surface area contributed by atoms with Crippen LogP contribution in [0, 0.1) is 6.92 Å². The second-order valence-electron chi connectivity index (χ2n) is 3.78. The molecule has 0 radical (unpaired) electrons. The monoisotopic (exact) mass is 244 g/mol. The van der Waals surface area contributed by atoms with Gasteiger partial charge in [-0.1, -0.05) is 29.8 Å². The van der Waals surface area contributed by atoms with E-state index in [2.05, 4.69) is 9.97 Å². The van der Waals surface area contributed by atoms with Gasteiger partial charge in [-0.25, -0.2) is 4.98 Å². The molecule has 0 saturated carbocycles. The zero-order valence-corrected chi connectivity index (χ0v) is 9.90. The van der Waals surface area contributed by atoms with Gasteiger partial charge in [-0.05, 0) is 24.6 Å². The summed E-state index contributed by atoms with van der Waals surface area (Å²) in [7, 11) is 0. The van der Waals surface area contributed by atoms with Gasteiger partial charge in [0.15, 0.2) is 5.58 Å². The van der Waals surface area contributed by atoms with Crippen molar-refractivity contribution < 1.29 is 4.42 Å². The smallest absolute Gasteiger partial charge is 0.229 e. The topological polar surface area (TPSA) is 38.9 Å². The number of benzene rings is 1. The Kier molecular flexibility index (Phi) is 2.34. The summed E-state index contributed by atoms with van der Waals surface area (Å²) in [5, 5.41) is 0.530. The van der Waals surface area contributed by atoms with Crippen molar-refractivity contribution in [1.82, 2.24) is 9.97 Å². The third-order valence-electron chi connectivity index (χ3n) is 2.62. The molecule has 0 fully saturated rings. The summed E-state index contributed by atoms with van der Waals surface area (Å²) < 4.78 is 5.66. The van der Waals surface area contributed by atoms with E-state index in [1.165, 1.54) is 0 Å². The average molecular weight is 245 g/mol. The average Bonchev–Trinajstić information content (AvgIpc) is 2.75. The summed E-state index contributed by atoms with van der Waals surface area (Å²) in [5.41, 5.74) is 3.14. The van der Waals surface area contributed by atoms with Gasteiger partial charge in [0.2, 0.25) is 11.5 Å². The first-order chi connectivity index (χ1) is 8.25. The molecule has 0 aliphatic carbocycles. The number of pyridine rings is 1. The predicted molar refractivity (Wildman–Crippen MR) is 67.0 cm³/mol. The highest BCUT2D eigenvalue weighted by molar-refractivity contribution is 6.34. The molecule has 2 aromatic heterocycles. The number of fused-ring (bicyclic) bond motifs is 1. The summed E-state index contributed by atoms with van der Waals surface area (Å²) in [6.45, 7) is 2.01. The molecule has 0 bridgehead atoms. The van der Waals surface area contributed by atoms with Crippen molar-refractivity contribution in [3.8, 4) is 11.5 Å². The number of rotatable bonds is 1. The summed E-state index contributed by atoms with van der Waals surface area (Å²) in [6.07, 6.45) is 1.62. The highest BCUT2D eigenvalue weighted by Crippen LogP contribution is 2.29. The number of nitrogens with zero attached hydrogens (tertiary/aromatic N) is 2. The van der Waals surface area contributed by atoms with Crippen LogP contribution in [0.5, 0.6) is 0 Å². The number of hydrogen-bond acceptors (Lipinski definition) is 3. The fourth-order valence-corrected chi connectivity index (χ4v) is 1.91. The normalized spacial score (nSPS) is 10.9. The van der Waals surface area contributed by atoms with Crippen LogP contribution in [-0.2, 0) is 0 Å². The second kappa shape index (κ2) is 3.86. The Morgan fingerprint density at radius 1 is 1.18 bits per heavy atom. The predicted octanol–water partition coefficient (Wildman–Crippen LogP) is 3.85. The minimum absolute atomic E-state index is 0.530. The zero-order valence-electron chi connectivity index (χ0n) is 9.14. The lowest BCUT2D eigenvalue weighted by Gasteiger charge is -1.98. The van der Waals surface area contributed by atoms with E-state index >= 15 is 0 Å². The molecule has 84 valence electrons. The zero-order chi connectivity index (χ0) is 11.8. The number of oxazole rings is 1. The van der Waals surface area contributed by atoms with Crippen molar-refractivity contribution in [2.45, 2.75) is 6.92 Å². The first-order valence-electron chi connectivity index (χ1n) is 5.23. The number of hydrogen-bond donors (Lipinski definition) is 0. The Labute approximate surface area is 103 Å². The summed E-state index contributed by atoms with van der Waals surface area (Å²) >= 11 is 6.02. The van der Waals surface area contributed by atoms with Crippen LogP contribution in [0.3, 0.4) is 0 Å². The minimum atomic E-state index is 0.530. The van der Waals surface area contributed by atoms with Crippen LogP contribution in [-0.4, -0.2) is 9.97 Å². The number of aryl methyl sites for hydroxylation is 1. The Hall–Kier alpha value is -1.87. The van der Waals surface area contributed by atoms with Crippen LogP contribution in [0.4, 0.5) is 0 Å². The number of aromatic nitrogens is 2. The lowest BCUT2D eigenvalue weighted by atomic mass is 10.1. The van der Waals surface area contributed by atoms with Gasteiger partial charge in [-0.2, -0.15) is 4.98 Å². The largest absolute Gasteiger partial charge is 0.433 e. The van der Waals surface area contributed by atoms with E-state index in [0.29, 0.717) is 22.1 Å². The van der Waals surface area contributed by atoms with Crippen molar-refractivity contribution >= 4 is 22.8 Å². The molecule has 0 aliphatic rings. The Morgan fingerprint density at radius 3 is 2.76 bits per heavy atom. The highest BCUT2D eigenvalue weighted by atomic mass is 35.5. The first-order valence-corrected chi connectivity index (χ1v) is 5.60. The highest BCUT2D eigenvalue weighted by Gasteiger charge is 2.12. The van der Waals surface area contributed by atoms with Gasteiger partial charge in [-0.15, -0.1) is 0 Å². The van der Waals surface area contributed by atoms with Gasteiger partial charge in [-0.3, -0.25) is 0 Å². The van der Waals surface area contributed by atoms with E-state index in [9.17, 15) is 0 Å². The first kappa shape index (κ1) is 10.3. The molecule has 3 nitrogen and oxygen atoms in total. The molecule has 0 amide bonds. The number of halogens is 1. The van der Waals surface area contributed by atoms with Crippen molar-refractivity contribution in [3.63, 3.8) is 0 Å². The molecular formula is C13H9ClN2O. The van der Waals surface area contributed by atoms with E-state index in [1.54, 1.807) is 12.3 Å². The molecule has 3 aromatic rings. The third kappa shape index (κ3) is 1.68. The van der Waals surface area contributed by atoms with E-state index in [0.717, 1.165) is 11.1 Å². The van der Waals surface area contributed by atoms with Crippen molar-refractivity contribution in [3.05, 3.63) is 47.1 Å². The van der Waals surface area contributed by atoms with Crippen molar-refractivity contribution in [2.24, 2.45) is 0 Å². The van der Waals surface area contributed by atoms with Crippen molar-refractivity contribution in [2.75, 3.05) is 0 Å². The molecule has 0 aliphatic heterocycles. The van der Waals surface area contributed by atoms with Gasteiger partial charge in [0.25, 0.3) is 0 Å². The maximum absolute atomic E-state index is 6.02. The SMILES string of the molecule is Cc1ccccc1-c1nc2nccc(Cl)c2o1. The van der Waals surface area contributed by atoms with Crippen LogP contribution < -0.4 is 0 Å². The maximum Gasteiger partial charge on any atom is 0.229 e. The molecule has 1 aromatic carbocycles. The molecule has 0 N–H and O–H groups in total. The van der Waals surface area contributed by atoms with Crippen LogP contribution in [0.25, 0.3) is 22.7 Å². The third-order valence-corrected chi connectivity index (χ3v) is 2.92. The van der Waals surface area contributed by atoms with Gasteiger partial charge in [0.1, 0.15) is 0 Å². The van der Waals surface area contributed by atoms with Crippen LogP contribution in [0.1, 0.15) is 5.56 Å². The molecule has 0 spiro atoms. The molecular weight excluding hydrogens is 236 g/mol. The summed E-state index contributed by atoms with van der Waals surface area (Å²) in [5.74, 6) is 0.554. The quantitative estimate of drug-likeness (QED) is 0.653. The molecule has 0 unspecified atom stereocenters. The fourth-order valence-electron chi connectivity index (χ4n) is 1.73. The Balaban J connectivity index is 2.26. The maximum atomic E-state index is 6.02. The van der Waals surface area contributed by atoms with Gasteiger partial charge in [0, 0.05) is 11.8 Å². The van der Waals surface area contributed by atoms with Crippen molar-refractivity contribution in [1.29, 1.82) is 0 Å². The molecule has 0 saturated heterocycles. The Bertz CT molecular complexity index is 691. The molecule has 0 atom stereocenters. The van der Waals surface area contributed by atoms with Crippen LogP contribution >= 0.6 is 11.6 Å². The van der Waals surface area contributed by atoms with Gasteiger partial charge < -0.3 is 4.42 Å². The molecule has 17 heavy (non-hydrogen) atoms. The lowest BCUT2D eigenvalue weighted by Crippen LogP contribution is -1.81. The van der Waals surface area contributed by atoms with Gasteiger partial charge in [0.05, 0.1) is 5.02 Å². The van der Waals surface area contributed by atoms with Gasteiger partial charge >= 0.3 is 0 Å². The fraction of sp³-hybridized carbons (Fsp3) is 0.0769. The van der Waals surface area contributed by atoms with E-state index in [4.69, 9.17) is 16.0 Å². The second-order valence-corrected chi connectivity index (χ2v) is 4.19. The van der Waals surface area contributed by atoms with Crippen LogP contribution in [0.15, 0.2) is 40.9 Å². The standard InChI is InChI=1S/C13H9ClN2O/c1-8-4-2-3-5-9(8)13-16-12-11(17-13)10(14)6-7-15-12/h2-7H,1H3. The molecule has 3 rings (SSSR count). The Morgan fingerprint density at radius 2 is 2.00 bits per heavy atom. The van der Waals surface area contributed by atoms with E-state index in [1.807, 2.05) is 31.2 Å². The minimum Gasteiger partial charge on any atom is -0.433 e. The van der Waals surface area contributed by atoms with E-state index in [-0.39, 0.29) is 0 Å². The molecule has 2 heterocycles. The van der Waals surface area contributed by atoms with E-state index < -0.39 is 0 Å².